The van der Waals surface area contributed by atoms with Gasteiger partial charge < -0.3 is 14.2 Å². The van der Waals surface area contributed by atoms with Crippen molar-refractivity contribution in [2.75, 3.05) is 18.5 Å². The summed E-state index contributed by atoms with van der Waals surface area (Å²) in [5.41, 5.74) is -8.43. The van der Waals surface area contributed by atoms with Crippen LogP contribution in [0, 0.1) is 11.3 Å². The highest BCUT2D eigenvalue weighted by molar-refractivity contribution is 7.86. The van der Waals surface area contributed by atoms with Crippen molar-refractivity contribution in [3.8, 4) is 11.8 Å². The number of nitrogens with one attached hydrogen (secondary N) is 1. The van der Waals surface area contributed by atoms with Gasteiger partial charge in [0.1, 0.15) is 29.4 Å². The third-order valence-electron chi connectivity index (χ3n) is 4.59. The molecule has 0 aliphatic carbocycles. The predicted molar refractivity (Wildman–Crippen MR) is 116 cm³/mol. The molecular formula is C19H14Cl2F6N4O5S. The molecule has 1 fully saturated rings. The lowest BCUT2D eigenvalue weighted by atomic mass is 10.2. The van der Waals surface area contributed by atoms with Crippen LogP contribution in [0.15, 0.2) is 17.0 Å². The van der Waals surface area contributed by atoms with E-state index in [0.717, 1.165) is 0 Å². The van der Waals surface area contributed by atoms with E-state index in [1.54, 1.807) is 13.8 Å². The Balaban J connectivity index is 2.08. The Labute approximate surface area is 216 Å². The first-order valence-electron chi connectivity index (χ1n) is 9.78. The highest BCUT2D eigenvalue weighted by Gasteiger charge is 2.44. The third kappa shape index (κ3) is 6.47. The maximum absolute atomic E-state index is 13.4. The van der Waals surface area contributed by atoms with Gasteiger partial charge >= 0.3 is 17.8 Å². The van der Waals surface area contributed by atoms with Crippen molar-refractivity contribution in [3.05, 3.63) is 33.4 Å². The molecule has 1 aromatic carbocycles. The van der Waals surface area contributed by atoms with Crippen molar-refractivity contribution in [2.24, 2.45) is 0 Å². The average molecular weight is 595 g/mol. The quantitative estimate of drug-likeness (QED) is 0.461. The van der Waals surface area contributed by atoms with Crippen LogP contribution in [0.2, 0.25) is 10.0 Å². The zero-order valence-corrected chi connectivity index (χ0v) is 20.8. The molecule has 37 heavy (non-hydrogen) atoms. The van der Waals surface area contributed by atoms with Crippen LogP contribution in [-0.2, 0) is 31.2 Å². The van der Waals surface area contributed by atoms with Gasteiger partial charge in [-0.25, -0.2) is 13.7 Å². The van der Waals surface area contributed by atoms with Crippen LogP contribution in [-0.4, -0.2) is 50.7 Å². The topological polar surface area (TPSA) is 115 Å². The molecule has 18 heteroatoms. The minimum absolute atomic E-state index is 0.0247. The fourth-order valence-electron chi connectivity index (χ4n) is 3.12. The van der Waals surface area contributed by atoms with Crippen LogP contribution in [0.25, 0.3) is 5.69 Å². The van der Waals surface area contributed by atoms with Crippen molar-refractivity contribution in [2.45, 2.75) is 42.3 Å². The minimum atomic E-state index is -5.42. The standard InChI is InChI=1S/C19H14Cl2F6N4O5S/c1-17(2)35-7-9(36-17)6-34-16(32)29-15-14(37(33)19(25,26)27)12(5-28)30-31(15)13-10(20)3-8(4-11(13)21)18(22,23)24/h3-4,9H,6-7H2,1-2H3,(H,29,32). The molecule has 1 N–H and O–H groups in total. The summed E-state index contributed by atoms with van der Waals surface area (Å²) in [4.78, 5) is 11.1. The molecule has 3 rings (SSSR count). The second kappa shape index (κ2) is 10.3. The Morgan fingerprint density at radius 3 is 2.35 bits per heavy atom. The molecule has 9 nitrogen and oxygen atoms in total. The lowest BCUT2D eigenvalue weighted by molar-refractivity contribution is -0.142. The fraction of sp³-hybridized carbons (Fsp3) is 0.421. The summed E-state index contributed by atoms with van der Waals surface area (Å²) in [5.74, 6) is -2.00. The Kier molecular flexibility index (Phi) is 8.06. The van der Waals surface area contributed by atoms with Gasteiger partial charge in [0.25, 0.3) is 0 Å². The molecule has 2 unspecified atom stereocenters. The minimum Gasteiger partial charge on any atom is -0.446 e. The highest BCUT2D eigenvalue weighted by Crippen LogP contribution is 2.41. The number of carbonyl (C=O) groups is 1. The first kappa shape index (κ1) is 29.0. The van der Waals surface area contributed by atoms with Crippen LogP contribution in [0.1, 0.15) is 25.1 Å². The van der Waals surface area contributed by atoms with Crippen molar-refractivity contribution in [1.29, 1.82) is 5.26 Å². The van der Waals surface area contributed by atoms with Gasteiger partial charge in [-0.2, -0.15) is 36.7 Å². The zero-order valence-electron chi connectivity index (χ0n) is 18.5. The van der Waals surface area contributed by atoms with E-state index in [-0.39, 0.29) is 6.61 Å². The predicted octanol–water partition coefficient (Wildman–Crippen LogP) is 5.40. The summed E-state index contributed by atoms with van der Waals surface area (Å²) >= 11 is 11.9. The van der Waals surface area contributed by atoms with E-state index in [2.05, 4.69) is 5.10 Å². The molecule has 1 aliphatic heterocycles. The van der Waals surface area contributed by atoms with Crippen molar-refractivity contribution >= 4 is 45.9 Å². The van der Waals surface area contributed by atoms with Crippen LogP contribution >= 0.6 is 23.2 Å². The molecule has 1 saturated heterocycles. The van der Waals surface area contributed by atoms with Gasteiger partial charge in [0.2, 0.25) is 0 Å². The number of amides is 1. The number of hydrogen-bond acceptors (Lipinski definition) is 7. The molecular weight excluding hydrogens is 581 g/mol. The zero-order chi connectivity index (χ0) is 27.9. The first-order valence-corrected chi connectivity index (χ1v) is 11.7. The SMILES string of the molecule is CC1(C)OCC(COC(=O)Nc2c(S(=O)C(F)(F)F)c(C#N)nn2-c2c(Cl)cc(C(F)(F)F)cc2Cl)O1. The summed E-state index contributed by atoms with van der Waals surface area (Å²) in [6, 6.07) is 2.09. The van der Waals surface area contributed by atoms with Crippen LogP contribution in [0.3, 0.4) is 0 Å². The number of hydrogen-bond donors (Lipinski definition) is 1. The first-order chi connectivity index (χ1) is 16.9. The molecule has 2 aromatic rings. The van der Waals surface area contributed by atoms with E-state index >= 15 is 0 Å². The van der Waals surface area contributed by atoms with Crippen LogP contribution < -0.4 is 5.32 Å². The number of anilines is 1. The fourth-order valence-corrected chi connectivity index (χ4v) is 4.57. The Morgan fingerprint density at radius 2 is 1.89 bits per heavy atom. The lowest BCUT2D eigenvalue weighted by Gasteiger charge is -2.18. The summed E-state index contributed by atoms with van der Waals surface area (Å²) < 4.78 is 108. The number of nitriles is 1. The van der Waals surface area contributed by atoms with Gasteiger partial charge in [-0.3, -0.25) is 5.32 Å². The number of nitrogens with zero attached hydrogens (tertiary/aromatic N) is 3. The van der Waals surface area contributed by atoms with E-state index < -0.39 is 84.8 Å². The van der Waals surface area contributed by atoms with E-state index in [1.807, 2.05) is 5.32 Å². The number of rotatable bonds is 5. The largest absolute Gasteiger partial charge is 0.476 e. The lowest BCUT2D eigenvalue weighted by Crippen LogP contribution is -2.27. The molecule has 1 aliphatic rings. The van der Waals surface area contributed by atoms with E-state index in [1.165, 1.54) is 6.07 Å². The van der Waals surface area contributed by atoms with E-state index in [9.17, 15) is 40.6 Å². The maximum atomic E-state index is 13.4. The average Bonchev–Trinajstić information content (AvgIpc) is 3.29. The molecule has 2 atom stereocenters. The smallest absolute Gasteiger partial charge is 0.446 e. The Bertz CT molecular complexity index is 1270. The molecule has 202 valence electrons. The molecule has 0 spiro atoms. The number of aromatic nitrogens is 2. The maximum Gasteiger partial charge on any atom is 0.476 e. The summed E-state index contributed by atoms with van der Waals surface area (Å²) in [7, 11) is -3.93. The molecule has 0 bridgehead atoms. The second-order valence-corrected chi connectivity index (χ2v) is 9.95. The van der Waals surface area contributed by atoms with Gasteiger partial charge in [0, 0.05) is 0 Å². The Hall–Kier alpha value is -2.58. The summed E-state index contributed by atoms with van der Waals surface area (Å²) in [5, 5.41) is 13.2. The second-order valence-electron chi connectivity index (χ2n) is 7.72. The number of ether oxygens (including phenoxy) is 3. The Morgan fingerprint density at radius 1 is 1.30 bits per heavy atom. The van der Waals surface area contributed by atoms with E-state index in [4.69, 9.17) is 37.4 Å². The van der Waals surface area contributed by atoms with Gasteiger partial charge in [0.15, 0.2) is 28.1 Å². The van der Waals surface area contributed by atoms with Crippen LogP contribution in [0.4, 0.5) is 37.0 Å². The van der Waals surface area contributed by atoms with Crippen molar-refractivity contribution in [1.82, 2.24) is 9.78 Å². The third-order valence-corrected chi connectivity index (χ3v) is 6.34. The number of alkyl halides is 6. The molecule has 1 amide bonds. The number of carbonyl (C=O) groups excluding carboxylic acids is 1. The molecule has 0 saturated carbocycles. The van der Waals surface area contributed by atoms with E-state index in [0.29, 0.717) is 16.8 Å². The number of halogens is 8. The van der Waals surface area contributed by atoms with Gasteiger partial charge in [-0.1, -0.05) is 23.2 Å². The molecule has 1 aromatic heterocycles. The van der Waals surface area contributed by atoms with Crippen molar-refractivity contribution < 1.29 is 49.6 Å². The summed E-state index contributed by atoms with van der Waals surface area (Å²) in [6.07, 6.45) is -7.02. The highest BCUT2D eigenvalue weighted by atomic mass is 35.5. The van der Waals surface area contributed by atoms with Crippen LogP contribution in [0.5, 0.6) is 0 Å². The number of benzene rings is 1. The van der Waals surface area contributed by atoms with Gasteiger partial charge in [-0.15, -0.1) is 0 Å². The molecule has 0 radical (unpaired) electrons. The normalized spacial score (nSPS) is 18.4. The van der Waals surface area contributed by atoms with Gasteiger partial charge in [-0.05, 0) is 26.0 Å². The monoisotopic (exact) mass is 594 g/mol. The summed E-state index contributed by atoms with van der Waals surface area (Å²) in [6.45, 7) is 2.78. The van der Waals surface area contributed by atoms with Crippen molar-refractivity contribution in [3.63, 3.8) is 0 Å². The van der Waals surface area contributed by atoms with Gasteiger partial charge in [0.05, 0.1) is 22.2 Å². The molecule has 2 heterocycles.